The van der Waals surface area contributed by atoms with E-state index in [0.29, 0.717) is 11.3 Å². The Hall–Kier alpha value is -2.43. The molecule has 2 aromatic rings. The van der Waals surface area contributed by atoms with Crippen LogP contribution in [0.4, 0.5) is 0 Å². The number of amides is 1. The minimum atomic E-state index is -0.844. The zero-order chi connectivity index (χ0) is 15.1. The zero-order valence-corrected chi connectivity index (χ0v) is 12.0. The monoisotopic (exact) mass is 284 g/mol. The van der Waals surface area contributed by atoms with Gasteiger partial charge in [-0.25, -0.2) is 0 Å². The van der Waals surface area contributed by atoms with Crippen LogP contribution in [0.1, 0.15) is 21.6 Å². The molecule has 0 atom stereocenters. The summed E-state index contributed by atoms with van der Waals surface area (Å²) in [5.74, 6) is -1.42. The number of rotatable bonds is 2. The van der Waals surface area contributed by atoms with Crippen molar-refractivity contribution in [1.82, 2.24) is 9.88 Å². The second kappa shape index (κ2) is 4.84. The van der Waals surface area contributed by atoms with Crippen LogP contribution in [0.2, 0.25) is 0 Å². The molecule has 0 bridgehead atoms. The minimum Gasteiger partial charge on any atom is -0.481 e. The summed E-state index contributed by atoms with van der Waals surface area (Å²) in [6, 6.07) is 7.77. The maximum atomic E-state index is 12.4. The average Bonchev–Trinajstić information content (AvgIpc) is 2.36. The third kappa shape index (κ3) is 2.35. The lowest BCUT2D eigenvalue weighted by Gasteiger charge is -2.36. The number of hydrogen-bond acceptors (Lipinski definition) is 3. The summed E-state index contributed by atoms with van der Waals surface area (Å²) < 4.78 is 0. The molecular weight excluding hydrogens is 268 g/mol. The van der Waals surface area contributed by atoms with Gasteiger partial charge in [0, 0.05) is 18.5 Å². The van der Waals surface area contributed by atoms with E-state index in [1.54, 1.807) is 11.8 Å². The summed E-state index contributed by atoms with van der Waals surface area (Å²) in [7, 11) is 0. The van der Waals surface area contributed by atoms with Crippen molar-refractivity contribution in [2.45, 2.75) is 13.8 Å². The van der Waals surface area contributed by atoms with Crippen LogP contribution in [0.5, 0.6) is 0 Å². The van der Waals surface area contributed by atoms with Crippen molar-refractivity contribution in [2.75, 3.05) is 13.1 Å². The standard InChI is InChI=1S/C16H16N2O3/c1-9-3-4-14-11(5-9)6-13(10(2)17-14)15(19)18-7-12(8-18)16(20)21/h3-6,12H,7-8H2,1-2H3,(H,20,21). The highest BCUT2D eigenvalue weighted by Gasteiger charge is 2.36. The van der Waals surface area contributed by atoms with Crippen LogP contribution in [0, 0.1) is 19.8 Å². The SMILES string of the molecule is Cc1ccc2nc(C)c(C(=O)N3CC(C(=O)O)C3)cc2c1. The van der Waals surface area contributed by atoms with Gasteiger partial charge in [0.15, 0.2) is 0 Å². The highest BCUT2D eigenvalue weighted by molar-refractivity contribution is 5.99. The molecule has 1 aliphatic rings. The Bertz CT molecular complexity index is 749. The summed E-state index contributed by atoms with van der Waals surface area (Å²) >= 11 is 0. The second-order valence-corrected chi connectivity index (χ2v) is 5.56. The van der Waals surface area contributed by atoms with Crippen molar-refractivity contribution >= 4 is 22.8 Å². The predicted molar refractivity (Wildman–Crippen MR) is 78.2 cm³/mol. The molecule has 2 heterocycles. The second-order valence-electron chi connectivity index (χ2n) is 5.56. The zero-order valence-electron chi connectivity index (χ0n) is 12.0. The van der Waals surface area contributed by atoms with Gasteiger partial charge in [0.05, 0.1) is 22.7 Å². The molecule has 1 aliphatic heterocycles. The number of aryl methyl sites for hydroxylation is 2. The molecule has 0 unspecified atom stereocenters. The van der Waals surface area contributed by atoms with Crippen molar-refractivity contribution in [3.8, 4) is 0 Å². The lowest BCUT2D eigenvalue weighted by atomic mass is 9.98. The number of fused-ring (bicyclic) bond motifs is 1. The number of carboxylic acid groups (broad SMARTS) is 1. The Balaban J connectivity index is 1.91. The van der Waals surface area contributed by atoms with Gasteiger partial charge in [0.1, 0.15) is 0 Å². The van der Waals surface area contributed by atoms with E-state index in [-0.39, 0.29) is 19.0 Å². The maximum Gasteiger partial charge on any atom is 0.310 e. The Labute approximate surface area is 122 Å². The molecule has 1 amide bonds. The first-order valence-electron chi connectivity index (χ1n) is 6.86. The highest BCUT2D eigenvalue weighted by Crippen LogP contribution is 2.23. The van der Waals surface area contributed by atoms with Gasteiger partial charge in [-0.15, -0.1) is 0 Å². The number of carbonyl (C=O) groups excluding carboxylic acids is 1. The number of aliphatic carboxylic acids is 1. The molecule has 0 aliphatic carbocycles. The van der Waals surface area contributed by atoms with Crippen LogP contribution in [0.15, 0.2) is 24.3 Å². The normalized spacial score (nSPS) is 15.0. The maximum absolute atomic E-state index is 12.4. The lowest BCUT2D eigenvalue weighted by Crippen LogP contribution is -2.53. The molecule has 1 fully saturated rings. The molecule has 0 radical (unpaired) electrons. The van der Waals surface area contributed by atoms with Crippen LogP contribution in [-0.4, -0.2) is 40.0 Å². The number of nitrogens with zero attached hydrogens (tertiary/aromatic N) is 2. The van der Waals surface area contributed by atoms with E-state index in [0.717, 1.165) is 16.5 Å². The number of carbonyl (C=O) groups is 2. The third-order valence-corrected chi connectivity index (χ3v) is 3.91. The van der Waals surface area contributed by atoms with Crippen LogP contribution >= 0.6 is 0 Å². The highest BCUT2D eigenvalue weighted by atomic mass is 16.4. The fraction of sp³-hybridized carbons (Fsp3) is 0.312. The Kier molecular flexibility index (Phi) is 3.12. The Morgan fingerprint density at radius 1 is 1.24 bits per heavy atom. The van der Waals surface area contributed by atoms with Crippen LogP contribution in [0.3, 0.4) is 0 Å². The van der Waals surface area contributed by atoms with Gasteiger partial charge in [-0.05, 0) is 32.0 Å². The van der Waals surface area contributed by atoms with Gasteiger partial charge >= 0.3 is 5.97 Å². The van der Waals surface area contributed by atoms with E-state index >= 15 is 0 Å². The van der Waals surface area contributed by atoms with Crippen molar-refractivity contribution in [3.63, 3.8) is 0 Å². The van der Waals surface area contributed by atoms with Gasteiger partial charge in [-0.2, -0.15) is 0 Å². The number of hydrogen-bond donors (Lipinski definition) is 1. The molecule has 1 aromatic heterocycles. The van der Waals surface area contributed by atoms with E-state index in [1.807, 2.05) is 31.2 Å². The molecule has 1 N–H and O–H groups in total. The fourth-order valence-corrected chi connectivity index (χ4v) is 2.58. The van der Waals surface area contributed by atoms with Crippen molar-refractivity contribution in [1.29, 1.82) is 0 Å². The molecule has 3 rings (SSSR count). The van der Waals surface area contributed by atoms with E-state index in [9.17, 15) is 9.59 Å². The van der Waals surface area contributed by atoms with Gasteiger partial charge in [0.25, 0.3) is 5.91 Å². The Morgan fingerprint density at radius 3 is 2.62 bits per heavy atom. The molecule has 108 valence electrons. The van der Waals surface area contributed by atoms with Gasteiger partial charge in [0.2, 0.25) is 0 Å². The molecule has 0 saturated carbocycles. The molecule has 21 heavy (non-hydrogen) atoms. The van der Waals surface area contributed by atoms with Crippen LogP contribution < -0.4 is 0 Å². The van der Waals surface area contributed by atoms with Crippen molar-refractivity contribution < 1.29 is 14.7 Å². The summed E-state index contributed by atoms with van der Waals surface area (Å²) in [6.07, 6.45) is 0. The number of carboxylic acids is 1. The minimum absolute atomic E-state index is 0.138. The molecule has 5 heteroatoms. The van der Waals surface area contributed by atoms with Crippen LogP contribution in [0.25, 0.3) is 10.9 Å². The fourth-order valence-electron chi connectivity index (χ4n) is 2.58. The van der Waals surface area contributed by atoms with E-state index in [2.05, 4.69) is 4.98 Å². The molecule has 1 saturated heterocycles. The number of likely N-dealkylation sites (tertiary alicyclic amines) is 1. The Morgan fingerprint density at radius 2 is 1.95 bits per heavy atom. The first kappa shape index (κ1) is 13.5. The van der Waals surface area contributed by atoms with Gasteiger partial charge in [-0.3, -0.25) is 14.6 Å². The average molecular weight is 284 g/mol. The largest absolute Gasteiger partial charge is 0.481 e. The van der Waals surface area contributed by atoms with Gasteiger partial charge in [-0.1, -0.05) is 11.6 Å². The molecule has 0 spiro atoms. The van der Waals surface area contributed by atoms with Gasteiger partial charge < -0.3 is 10.0 Å². The molecule has 5 nitrogen and oxygen atoms in total. The van der Waals surface area contributed by atoms with E-state index in [1.165, 1.54) is 0 Å². The predicted octanol–water partition coefficient (Wildman–Crippen LogP) is 2.01. The quantitative estimate of drug-likeness (QED) is 0.915. The van der Waals surface area contributed by atoms with Crippen LogP contribution in [-0.2, 0) is 4.79 Å². The molecular formula is C16H16N2O3. The summed E-state index contributed by atoms with van der Waals surface area (Å²) in [6.45, 7) is 4.35. The summed E-state index contributed by atoms with van der Waals surface area (Å²) in [4.78, 5) is 29.3. The topological polar surface area (TPSA) is 70.5 Å². The lowest BCUT2D eigenvalue weighted by molar-refractivity contribution is -0.146. The van der Waals surface area contributed by atoms with Crippen molar-refractivity contribution in [2.24, 2.45) is 5.92 Å². The van der Waals surface area contributed by atoms with E-state index in [4.69, 9.17) is 5.11 Å². The summed E-state index contributed by atoms with van der Waals surface area (Å²) in [5, 5.41) is 9.81. The molecule has 1 aromatic carbocycles. The first-order chi connectivity index (χ1) is 9.95. The first-order valence-corrected chi connectivity index (χ1v) is 6.86. The number of pyridine rings is 1. The van der Waals surface area contributed by atoms with E-state index < -0.39 is 11.9 Å². The summed E-state index contributed by atoms with van der Waals surface area (Å²) in [5.41, 5.74) is 3.20. The number of aromatic nitrogens is 1. The third-order valence-electron chi connectivity index (χ3n) is 3.91. The number of benzene rings is 1. The van der Waals surface area contributed by atoms with Crippen molar-refractivity contribution in [3.05, 3.63) is 41.1 Å². The smallest absolute Gasteiger partial charge is 0.310 e.